The number of nitrogens with one attached hydrogen (secondary N) is 1. The van der Waals surface area contributed by atoms with E-state index in [2.05, 4.69) is 18.3 Å². The van der Waals surface area contributed by atoms with E-state index in [0.29, 0.717) is 6.42 Å². The summed E-state index contributed by atoms with van der Waals surface area (Å²) in [5, 5.41) is 4.20. The average Bonchev–Trinajstić information content (AvgIpc) is 2.81. The first-order valence-corrected chi connectivity index (χ1v) is 8.62. The van der Waals surface area contributed by atoms with Crippen LogP contribution in [0.5, 0.6) is 0 Å². The second-order valence-electron chi connectivity index (χ2n) is 6.28. The molecule has 0 radical (unpaired) electrons. The average molecular weight is 299 g/mol. The Balaban J connectivity index is 1.85. The van der Waals surface area contributed by atoms with Gasteiger partial charge in [-0.25, -0.2) is 0 Å². The van der Waals surface area contributed by atoms with Gasteiger partial charge in [-0.15, -0.1) is 0 Å². The van der Waals surface area contributed by atoms with E-state index in [1.165, 1.54) is 36.6 Å². The minimum Gasteiger partial charge on any atom is -0.461 e. The van der Waals surface area contributed by atoms with Gasteiger partial charge in [0.1, 0.15) is 11.3 Å². The van der Waals surface area contributed by atoms with E-state index in [9.17, 15) is 4.79 Å². The summed E-state index contributed by atoms with van der Waals surface area (Å²) in [6, 6.07) is 6.03. The number of anilines is 1. The first-order valence-electron chi connectivity index (χ1n) is 8.62. The molecule has 1 aliphatic rings. The first kappa shape index (κ1) is 15.1. The van der Waals surface area contributed by atoms with Crippen LogP contribution in [-0.4, -0.2) is 5.91 Å². The largest absolute Gasteiger partial charge is 0.461 e. The van der Waals surface area contributed by atoms with E-state index < -0.39 is 0 Å². The molecule has 0 fully saturated rings. The highest BCUT2D eigenvalue weighted by Gasteiger charge is 2.16. The highest BCUT2D eigenvalue weighted by molar-refractivity contribution is 5.94. The van der Waals surface area contributed by atoms with Crippen LogP contribution in [-0.2, 0) is 17.6 Å². The van der Waals surface area contributed by atoms with Gasteiger partial charge in [0.15, 0.2) is 0 Å². The summed E-state index contributed by atoms with van der Waals surface area (Å²) in [5.74, 6) is 1.26. The third-order valence-corrected chi connectivity index (χ3v) is 4.50. The number of carbonyl (C=O) groups excluding carboxylic acids is 1. The molecule has 0 atom stereocenters. The Bertz CT molecular complexity index is 657. The van der Waals surface area contributed by atoms with Crippen molar-refractivity contribution in [3.63, 3.8) is 0 Å². The number of furan rings is 1. The van der Waals surface area contributed by atoms with Crippen molar-refractivity contribution >= 4 is 22.6 Å². The Kier molecular flexibility index (Phi) is 4.81. The zero-order valence-corrected chi connectivity index (χ0v) is 13.4. The second kappa shape index (κ2) is 6.99. The summed E-state index contributed by atoms with van der Waals surface area (Å²) in [6.07, 6.45) is 9.77. The molecule has 0 bridgehead atoms. The quantitative estimate of drug-likeness (QED) is 0.841. The van der Waals surface area contributed by atoms with Crippen molar-refractivity contribution in [1.82, 2.24) is 0 Å². The highest BCUT2D eigenvalue weighted by Crippen LogP contribution is 2.32. The normalized spacial score (nSPS) is 15.1. The van der Waals surface area contributed by atoms with Gasteiger partial charge in [-0.3, -0.25) is 4.79 Å². The number of hydrogen-bond donors (Lipinski definition) is 1. The molecule has 1 aliphatic carbocycles. The Morgan fingerprint density at radius 2 is 2.00 bits per heavy atom. The minimum absolute atomic E-state index is 0.104. The lowest BCUT2D eigenvalue weighted by atomic mass is 9.97. The molecule has 1 aromatic heterocycles. The molecule has 3 heteroatoms. The number of aryl methyl sites for hydroxylation is 2. The molecule has 3 rings (SSSR count). The van der Waals surface area contributed by atoms with E-state index in [4.69, 9.17) is 4.42 Å². The van der Waals surface area contributed by atoms with Crippen molar-refractivity contribution in [3.05, 3.63) is 29.5 Å². The van der Waals surface area contributed by atoms with Crippen LogP contribution >= 0.6 is 0 Å². The molecular formula is C19H25NO2. The molecule has 2 aromatic rings. The number of benzene rings is 1. The molecule has 22 heavy (non-hydrogen) atoms. The summed E-state index contributed by atoms with van der Waals surface area (Å²) in [4.78, 5) is 11.9. The van der Waals surface area contributed by atoms with Crippen LogP contribution in [0.3, 0.4) is 0 Å². The monoisotopic (exact) mass is 299 g/mol. The molecule has 1 amide bonds. The zero-order valence-electron chi connectivity index (χ0n) is 13.4. The van der Waals surface area contributed by atoms with Crippen LogP contribution in [0.2, 0.25) is 0 Å². The van der Waals surface area contributed by atoms with Gasteiger partial charge < -0.3 is 9.73 Å². The fraction of sp³-hybridized carbons (Fsp3) is 0.526. The molecule has 0 aliphatic heterocycles. The van der Waals surface area contributed by atoms with Crippen molar-refractivity contribution in [3.8, 4) is 0 Å². The third-order valence-electron chi connectivity index (χ3n) is 4.50. The smallest absolute Gasteiger partial charge is 0.224 e. The minimum atomic E-state index is 0.104. The van der Waals surface area contributed by atoms with Crippen molar-refractivity contribution in [1.29, 1.82) is 0 Å². The predicted octanol–water partition coefficient (Wildman–Crippen LogP) is 5.22. The van der Waals surface area contributed by atoms with Gasteiger partial charge in [0.2, 0.25) is 5.91 Å². The molecule has 0 spiro atoms. The van der Waals surface area contributed by atoms with Crippen LogP contribution in [0.4, 0.5) is 5.69 Å². The summed E-state index contributed by atoms with van der Waals surface area (Å²) in [5.41, 5.74) is 3.21. The standard InChI is InChI=1S/C19H25NO2/c1-2-3-10-19(21)20-14-11-12-18-16(13-14)15-8-6-4-5-7-9-17(15)22-18/h11-13H,2-10H2,1H3,(H,20,21). The number of amides is 1. The van der Waals surface area contributed by atoms with Crippen molar-refractivity contribution < 1.29 is 9.21 Å². The lowest BCUT2D eigenvalue weighted by Crippen LogP contribution is -2.10. The maximum absolute atomic E-state index is 11.9. The number of rotatable bonds is 4. The number of unbranched alkanes of at least 4 members (excludes halogenated alkanes) is 1. The Hall–Kier alpha value is -1.77. The fourth-order valence-electron chi connectivity index (χ4n) is 3.25. The van der Waals surface area contributed by atoms with Crippen LogP contribution in [0.25, 0.3) is 11.0 Å². The van der Waals surface area contributed by atoms with Crippen LogP contribution in [0.1, 0.15) is 63.2 Å². The Morgan fingerprint density at radius 1 is 1.18 bits per heavy atom. The number of hydrogen-bond acceptors (Lipinski definition) is 2. The van der Waals surface area contributed by atoms with Crippen molar-refractivity contribution in [2.45, 2.75) is 64.7 Å². The molecule has 118 valence electrons. The lowest BCUT2D eigenvalue weighted by molar-refractivity contribution is -0.116. The van der Waals surface area contributed by atoms with Gasteiger partial charge in [-0.1, -0.05) is 26.2 Å². The van der Waals surface area contributed by atoms with Gasteiger partial charge >= 0.3 is 0 Å². The lowest BCUT2D eigenvalue weighted by Gasteiger charge is -2.08. The van der Waals surface area contributed by atoms with E-state index in [-0.39, 0.29) is 5.91 Å². The SMILES string of the molecule is CCCCC(=O)Nc1ccc2oc3c(c2c1)CCCCCC3. The van der Waals surface area contributed by atoms with E-state index in [1.54, 1.807) is 0 Å². The highest BCUT2D eigenvalue weighted by atomic mass is 16.3. The summed E-state index contributed by atoms with van der Waals surface area (Å²) in [6.45, 7) is 2.10. The van der Waals surface area contributed by atoms with E-state index in [0.717, 1.165) is 42.7 Å². The van der Waals surface area contributed by atoms with Gasteiger partial charge in [-0.05, 0) is 43.9 Å². The maximum Gasteiger partial charge on any atom is 0.224 e. The molecule has 0 unspecified atom stereocenters. The Labute approximate surface area is 132 Å². The molecular weight excluding hydrogens is 274 g/mol. The molecule has 0 saturated heterocycles. The van der Waals surface area contributed by atoms with Gasteiger partial charge in [-0.2, -0.15) is 0 Å². The van der Waals surface area contributed by atoms with E-state index >= 15 is 0 Å². The number of fused-ring (bicyclic) bond motifs is 3. The topological polar surface area (TPSA) is 42.2 Å². The second-order valence-corrected chi connectivity index (χ2v) is 6.28. The third kappa shape index (κ3) is 3.34. The predicted molar refractivity (Wildman–Crippen MR) is 90.2 cm³/mol. The maximum atomic E-state index is 11.9. The fourth-order valence-corrected chi connectivity index (χ4v) is 3.25. The van der Waals surface area contributed by atoms with Gasteiger partial charge in [0.05, 0.1) is 0 Å². The molecule has 1 heterocycles. The van der Waals surface area contributed by atoms with Crippen LogP contribution in [0, 0.1) is 0 Å². The van der Waals surface area contributed by atoms with Crippen LogP contribution in [0.15, 0.2) is 22.6 Å². The Morgan fingerprint density at radius 3 is 2.82 bits per heavy atom. The van der Waals surface area contributed by atoms with Gasteiger partial charge in [0.25, 0.3) is 0 Å². The van der Waals surface area contributed by atoms with E-state index in [1.807, 2.05) is 12.1 Å². The van der Waals surface area contributed by atoms with Crippen LogP contribution < -0.4 is 5.32 Å². The van der Waals surface area contributed by atoms with Crippen molar-refractivity contribution in [2.24, 2.45) is 0 Å². The first-order chi connectivity index (χ1) is 10.8. The molecule has 3 nitrogen and oxygen atoms in total. The summed E-state index contributed by atoms with van der Waals surface area (Å²) in [7, 11) is 0. The molecule has 1 N–H and O–H groups in total. The molecule has 0 saturated carbocycles. The summed E-state index contributed by atoms with van der Waals surface area (Å²) >= 11 is 0. The zero-order chi connectivity index (χ0) is 15.4. The van der Waals surface area contributed by atoms with Gasteiger partial charge in [0, 0.05) is 29.5 Å². The summed E-state index contributed by atoms with van der Waals surface area (Å²) < 4.78 is 6.04. The number of carbonyl (C=O) groups is 1. The molecule has 1 aromatic carbocycles. The van der Waals surface area contributed by atoms with Crippen molar-refractivity contribution in [2.75, 3.05) is 5.32 Å².